The number of nitriles is 1. The van der Waals surface area contributed by atoms with Crippen molar-refractivity contribution in [3.05, 3.63) is 235 Å². The summed E-state index contributed by atoms with van der Waals surface area (Å²) in [5, 5.41) is 14.8. The zero-order valence-corrected chi connectivity index (χ0v) is 37.0. The maximum atomic E-state index is 14.5. The van der Waals surface area contributed by atoms with E-state index in [2.05, 4.69) is 56.4 Å². The molecule has 0 fully saturated rings. The molecule has 12 rings (SSSR count). The molecule has 70 heavy (non-hydrogen) atoms. The second kappa shape index (κ2) is 16.6. The molecule has 0 N–H and O–H groups in total. The van der Waals surface area contributed by atoms with Crippen molar-refractivity contribution < 1.29 is 13.2 Å². The number of aromatic nitrogens is 4. The minimum absolute atomic E-state index is 0.106. The Bertz CT molecular complexity index is 4140. The second-order valence-electron chi connectivity index (χ2n) is 17.1. The molecule has 0 aliphatic heterocycles. The molecule has 4 aromatic heterocycles. The number of hydrogen-bond donors (Lipinski definition) is 0. The van der Waals surface area contributed by atoms with E-state index in [1.54, 1.807) is 12.1 Å². The van der Waals surface area contributed by atoms with Crippen LogP contribution in [0.2, 0.25) is 0 Å². The molecule has 12 aromatic rings. The molecule has 9 heteroatoms. The number of alkyl halides is 3. The summed E-state index contributed by atoms with van der Waals surface area (Å²) in [5.41, 5.74) is 11.1. The van der Waals surface area contributed by atoms with Crippen LogP contribution >= 0.6 is 0 Å². The average molecular weight is 909 g/mol. The molecule has 0 atom stereocenters. The van der Waals surface area contributed by atoms with Crippen LogP contribution in [0, 0.1) is 17.9 Å². The molecule has 0 aliphatic rings. The van der Waals surface area contributed by atoms with Crippen molar-refractivity contribution in [1.29, 1.82) is 5.26 Å². The summed E-state index contributed by atoms with van der Waals surface area (Å²) in [5.74, 6) is 0. The summed E-state index contributed by atoms with van der Waals surface area (Å²) in [6, 6.07) is 69.8. The second-order valence-corrected chi connectivity index (χ2v) is 17.1. The summed E-state index contributed by atoms with van der Waals surface area (Å²) >= 11 is 0. The highest BCUT2D eigenvalue weighted by atomic mass is 19.4. The van der Waals surface area contributed by atoms with Gasteiger partial charge in [0.15, 0.2) is 5.69 Å². The fraction of sp³-hybridized carbons (Fsp3) is 0.0164. The lowest BCUT2D eigenvalue weighted by Gasteiger charge is -2.20. The fourth-order valence-corrected chi connectivity index (χ4v) is 9.78. The topological polar surface area (TPSA) is 63.8 Å². The van der Waals surface area contributed by atoms with Crippen LogP contribution in [-0.4, -0.2) is 19.1 Å². The SMILES string of the molecule is [C-]#[N+]c1cc(-c2cc(-n3c4ccccc4c4cc(-c5cccc(-c6ccccc6)n5)ccc43)c(-n3c4ccccc4c4cc(-c5cccc(-c6ccccc6)n5)ccc43)cc2C#N)cc(C(F)(F)F)c1. The van der Waals surface area contributed by atoms with Gasteiger partial charge in [-0.3, -0.25) is 0 Å². The van der Waals surface area contributed by atoms with Crippen LogP contribution in [0.4, 0.5) is 18.9 Å². The molecular weight excluding hydrogens is 874 g/mol. The molecule has 0 radical (unpaired) electrons. The Morgan fingerprint density at radius 2 is 0.886 bits per heavy atom. The van der Waals surface area contributed by atoms with Crippen molar-refractivity contribution in [2.75, 3.05) is 0 Å². The number of fused-ring (bicyclic) bond motifs is 6. The van der Waals surface area contributed by atoms with Crippen molar-refractivity contribution in [3.8, 4) is 73.6 Å². The molecule has 0 bridgehead atoms. The van der Waals surface area contributed by atoms with Gasteiger partial charge in [0.1, 0.15) is 0 Å². The Kier molecular flexibility index (Phi) is 9.94. The number of halogens is 3. The highest BCUT2D eigenvalue weighted by Crippen LogP contribution is 2.44. The normalized spacial score (nSPS) is 11.6. The molecule has 0 saturated heterocycles. The van der Waals surface area contributed by atoms with E-state index in [9.17, 15) is 18.4 Å². The zero-order chi connectivity index (χ0) is 47.5. The Balaban J connectivity index is 1.13. The molecule has 0 aliphatic carbocycles. The van der Waals surface area contributed by atoms with E-state index in [0.29, 0.717) is 11.4 Å². The molecule has 8 aromatic carbocycles. The standard InChI is InChI=1S/C61H35F3N6/c1-66-45-31-42(30-44(35-45)61(62,63)64)48-36-60(70-56-25-11-9-19-47(56)50-33-41(27-29-58(50)70)54-23-13-21-52(68-54)39-16-6-3-7-17-39)59(34-43(48)37-65)69-55-24-10-8-18-46(55)49-32-40(26-28-57(49)69)53-22-12-20-51(67-53)38-14-4-2-5-15-38/h2-36H. The van der Waals surface area contributed by atoms with Gasteiger partial charge >= 0.3 is 6.18 Å². The molecule has 0 amide bonds. The first-order valence-corrected chi connectivity index (χ1v) is 22.6. The maximum Gasteiger partial charge on any atom is 0.415 e. The Labute approximate surface area is 399 Å². The Hall–Kier alpha value is -9.57. The highest BCUT2D eigenvalue weighted by Gasteiger charge is 2.32. The number of pyridine rings is 2. The molecule has 4 heterocycles. The van der Waals surface area contributed by atoms with Gasteiger partial charge in [0.05, 0.1) is 74.4 Å². The van der Waals surface area contributed by atoms with Gasteiger partial charge in [-0.05, 0) is 96.6 Å². The molecule has 0 saturated carbocycles. The predicted octanol–water partition coefficient (Wildman–Crippen LogP) is 16.4. The van der Waals surface area contributed by atoms with Crippen molar-refractivity contribution in [2.45, 2.75) is 6.18 Å². The quantitative estimate of drug-likeness (QED) is 0.150. The van der Waals surface area contributed by atoms with Crippen LogP contribution in [0.15, 0.2) is 212 Å². The lowest BCUT2D eigenvalue weighted by molar-refractivity contribution is -0.137. The largest absolute Gasteiger partial charge is 0.415 e. The van der Waals surface area contributed by atoms with Gasteiger partial charge in [-0.15, -0.1) is 0 Å². The van der Waals surface area contributed by atoms with Crippen LogP contribution in [0.5, 0.6) is 0 Å². The van der Waals surface area contributed by atoms with Crippen LogP contribution in [0.1, 0.15) is 11.1 Å². The monoisotopic (exact) mass is 908 g/mol. The van der Waals surface area contributed by atoms with E-state index < -0.39 is 11.7 Å². The van der Waals surface area contributed by atoms with E-state index in [1.165, 1.54) is 6.07 Å². The summed E-state index contributed by atoms with van der Waals surface area (Å²) < 4.78 is 47.7. The average Bonchev–Trinajstić information content (AvgIpc) is 3.92. The third kappa shape index (κ3) is 7.13. The first-order chi connectivity index (χ1) is 34.2. The summed E-state index contributed by atoms with van der Waals surface area (Å²) in [4.78, 5) is 13.6. The van der Waals surface area contributed by atoms with Gasteiger partial charge in [0.2, 0.25) is 0 Å². The van der Waals surface area contributed by atoms with Crippen molar-refractivity contribution in [3.63, 3.8) is 0 Å². The van der Waals surface area contributed by atoms with E-state index in [1.807, 2.05) is 146 Å². The van der Waals surface area contributed by atoms with Gasteiger partial charge in [-0.2, -0.15) is 18.4 Å². The minimum Gasteiger partial charge on any atom is -0.307 e. The predicted molar refractivity (Wildman–Crippen MR) is 274 cm³/mol. The number of para-hydroxylation sites is 2. The lowest BCUT2D eigenvalue weighted by atomic mass is 9.96. The molecular formula is C61H35F3N6. The molecule has 0 spiro atoms. The van der Waals surface area contributed by atoms with E-state index >= 15 is 0 Å². The third-order valence-electron chi connectivity index (χ3n) is 13.0. The Morgan fingerprint density at radius 3 is 1.37 bits per heavy atom. The van der Waals surface area contributed by atoms with Gasteiger partial charge in [0, 0.05) is 54.9 Å². The summed E-state index contributed by atoms with van der Waals surface area (Å²) in [6.45, 7) is 7.75. The first kappa shape index (κ1) is 41.8. The summed E-state index contributed by atoms with van der Waals surface area (Å²) in [7, 11) is 0. The Morgan fingerprint density at radius 1 is 0.429 bits per heavy atom. The third-order valence-corrected chi connectivity index (χ3v) is 13.0. The van der Waals surface area contributed by atoms with Crippen LogP contribution in [0.3, 0.4) is 0 Å². The maximum absolute atomic E-state index is 14.5. The van der Waals surface area contributed by atoms with Gasteiger partial charge in [-0.25, -0.2) is 14.8 Å². The number of hydrogen-bond acceptors (Lipinski definition) is 3. The van der Waals surface area contributed by atoms with Gasteiger partial charge < -0.3 is 9.13 Å². The van der Waals surface area contributed by atoms with Gasteiger partial charge in [0.25, 0.3) is 0 Å². The summed E-state index contributed by atoms with van der Waals surface area (Å²) in [6.07, 6.45) is -4.73. The van der Waals surface area contributed by atoms with Gasteiger partial charge in [-0.1, -0.05) is 121 Å². The van der Waals surface area contributed by atoms with E-state index in [-0.39, 0.29) is 22.4 Å². The minimum atomic E-state index is -4.73. The molecule has 0 unspecified atom stereocenters. The zero-order valence-electron chi connectivity index (χ0n) is 37.0. The molecule has 6 nitrogen and oxygen atoms in total. The highest BCUT2D eigenvalue weighted by molar-refractivity contribution is 6.13. The number of nitrogens with zero attached hydrogens (tertiary/aromatic N) is 6. The number of rotatable bonds is 7. The first-order valence-electron chi connectivity index (χ1n) is 22.6. The van der Waals surface area contributed by atoms with Crippen LogP contribution in [-0.2, 0) is 6.18 Å². The smallest absolute Gasteiger partial charge is 0.307 e. The molecule has 330 valence electrons. The van der Waals surface area contributed by atoms with E-state index in [0.717, 1.165) is 101 Å². The van der Waals surface area contributed by atoms with Crippen LogP contribution in [0.25, 0.3) is 116 Å². The van der Waals surface area contributed by atoms with Crippen molar-refractivity contribution in [1.82, 2.24) is 19.1 Å². The van der Waals surface area contributed by atoms with Crippen molar-refractivity contribution >= 4 is 49.3 Å². The van der Waals surface area contributed by atoms with E-state index in [4.69, 9.17) is 16.5 Å². The van der Waals surface area contributed by atoms with Crippen molar-refractivity contribution in [2.24, 2.45) is 0 Å². The number of benzene rings is 8. The lowest BCUT2D eigenvalue weighted by Crippen LogP contribution is -2.07. The fourth-order valence-electron chi connectivity index (χ4n) is 9.78. The van der Waals surface area contributed by atoms with Crippen LogP contribution < -0.4 is 0 Å².